The molecule has 0 atom stereocenters. The molecule has 0 saturated heterocycles. The van der Waals surface area contributed by atoms with E-state index in [4.69, 9.17) is 23.2 Å². The van der Waals surface area contributed by atoms with Gasteiger partial charge in [0.25, 0.3) is 0 Å². The van der Waals surface area contributed by atoms with Gasteiger partial charge in [-0.15, -0.1) is 0 Å². The largest absolute Gasteiger partial charge is 0.359 e. The van der Waals surface area contributed by atoms with E-state index < -0.39 is 0 Å². The Morgan fingerprint density at radius 2 is 1.94 bits per heavy atom. The topological polar surface area (TPSA) is 36.4 Å². The number of guanidine groups is 1. The number of halogens is 2. The fourth-order valence-electron chi connectivity index (χ4n) is 1.36. The third kappa shape index (κ3) is 3.58. The highest BCUT2D eigenvalue weighted by Gasteiger charge is 2.04. The highest BCUT2D eigenvalue weighted by atomic mass is 35.5. The van der Waals surface area contributed by atoms with Crippen LogP contribution in [0.1, 0.15) is 5.56 Å². The van der Waals surface area contributed by atoms with Crippen LogP contribution in [0.2, 0.25) is 10.0 Å². The molecule has 16 heavy (non-hydrogen) atoms. The number of benzene rings is 1. The number of rotatable bonds is 3. The monoisotopic (exact) mass is 259 g/mol. The minimum Gasteiger partial charge on any atom is -0.359 e. The van der Waals surface area contributed by atoms with E-state index in [0.29, 0.717) is 10.0 Å². The van der Waals surface area contributed by atoms with Crippen LogP contribution in [0.15, 0.2) is 23.2 Å². The zero-order valence-corrected chi connectivity index (χ0v) is 10.9. The smallest absolute Gasteiger partial charge is 0.190 e. The number of nitrogens with zero attached hydrogens (tertiary/aromatic N) is 1. The number of hydrogen-bond acceptors (Lipinski definition) is 1. The molecule has 2 N–H and O–H groups in total. The van der Waals surface area contributed by atoms with Gasteiger partial charge in [-0.05, 0) is 24.1 Å². The molecule has 1 rings (SSSR count). The van der Waals surface area contributed by atoms with E-state index in [9.17, 15) is 0 Å². The Morgan fingerprint density at radius 3 is 2.44 bits per heavy atom. The summed E-state index contributed by atoms with van der Waals surface area (Å²) in [5, 5.41) is 7.49. The van der Waals surface area contributed by atoms with Gasteiger partial charge in [0.05, 0.1) is 0 Å². The van der Waals surface area contributed by atoms with E-state index in [1.807, 2.05) is 25.2 Å². The Kier molecular flexibility index (Phi) is 5.43. The van der Waals surface area contributed by atoms with E-state index in [1.54, 1.807) is 7.05 Å². The van der Waals surface area contributed by atoms with Gasteiger partial charge in [-0.1, -0.05) is 29.3 Å². The van der Waals surface area contributed by atoms with Crippen molar-refractivity contribution in [1.82, 2.24) is 10.6 Å². The van der Waals surface area contributed by atoms with Gasteiger partial charge in [-0.3, -0.25) is 4.99 Å². The Morgan fingerprint density at radius 1 is 1.31 bits per heavy atom. The van der Waals surface area contributed by atoms with Gasteiger partial charge in [-0.2, -0.15) is 0 Å². The number of aliphatic imine (C=N–C) groups is 1. The molecule has 0 fully saturated rings. The first-order chi connectivity index (χ1) is 7.69. The second-order valence-corrected chi connectivity index (χ2v) is 4.01. The fraction of sp³-hybridized carbons (Fsp3) is 0.364. The van der Waals surface area contributed by atoms with Gasteiger partial charge in [-0.25, -0.2) is 0 Å². The first kappa shape index (κ1) is 13.1. The first-order valence-corrected chi connectivity index (χ1v) is 5.76. The van der Waals surface area contributed by atoms with E-state index in [2.05, 4.69) is 15.6 Å². The number of nitrogens with one attached hydrogen (secondary N) is 2. The minimum absolute atomic E-state index is 0.703. The number of hydrogen-bond donors (Lipinski definition) is 2. The molecule has 0 radical (unpaired) electrons. The maximum Gasteiger partial charge on any atom is 0.190 e. The predicted octanol–water partition coefficient (Wildman–Crippen LogP) is 2.33. The maximum absolute atomic E-state index is 6.05. The highest BCUT2D eigenvalue weighted by Crippen LogP contribution is 2.24. The van der Waals surface area contributed by atoms with E-state index >= 15 is 0 Å². The lowest BCUT2D eigenvalue weighted by molar-refractivity contribution is 0.834. The Bertz CT molecular complexity index is 357. The summed E-state index contributed by atoms with van der Waals surface area (Å²) in [6, 6.07) is 5.53. The molecule has 3 nitrogen and oxygen atoms in total. The molecule has 0 aliphatic rings. The summed E-state index contributed by atoms with van der Waals surface area (Å²) >= 11 is 12.1. The normalized spacial score (nSPS) is 11.4. The lowest BCUT2D eigenvalue weighted by Crippen LogP contribution is -2.35. The molecular weight excluding hydrogens is 245 g/mol. The van der Waals surface area contributed by atoms with Crippen molar-refractivity contribution in [2.75, 3.05) is 20.6 Å². The molecule has 0 amide bonds. The highest BCUT2D eigenvalue weighted by molar-refractivity contribution is 6.35. The molecule has 1 aromatic carbocycles. The van der Waals surface area contributed by atoms with Crippen LogP contribution < -0.4 is 10.6 Å². The Balaban J connectivity index is 2.55. The van der Waals surface area contributed by atoms with Crippen LogP contribution in [0.4, 0.5) is 0 Å². The Hall–Kier alpha value is -0.930. The van der Waals surface area contributed by atoms with E-state index in [1.165, 1.54) is 0 Å². The summed E-state index contributed by atoms with van der Waals surface area (Å²) in [6.07, 6.45) is 0.763. The molecule has 0 saturated carbocycles. The minimum atomic E-state index is 0.703. The van der Waals surface area contributed by atoms with Crippen LogP contribution in [0.5, 0.6) is 0 Å². The molecule has 0 unspecified atom stereocenters. The third-order valence-electron chi connectivity index (χ3n) is 2.19. The van der Waals surface area contributed by atoms with Gasteiger partial charge in [0.15, 0.2) is 5.96 Å². The molecule has 0 aliphatic heterocycles. The second kappa shape index (κ2) is 6.61. The third-order valence-corrected chi connectivity index (χ3v) is 2.90. The Labute approximate surface area is 106 Å². The summed E-state index contributed by atoms with van der Waals surface area (Å²) in [7, 11) is 3.54. The van der Waals surface area contributed by atoms with Crippen LogP contribution in [0, 0.1) is 0 Å². The van der Waals surface area contributed by atoms with Gasteiger partial charge in [0.1, 0.15) is 0 Å². The van der Waals surface area contributed by atoms with Crippen molar-refractivity contribution in [2.24, 2.45) is 4.99 Å². The second-order valence-electron chi connectivity index (χ2n) is 3.20. The zero-order valence-electron chi connectivity index (χ0n) is 9.35. The fourth-order valence-corrected chi connectivity index (χ4v) is 1.94. The lowest BCUT2D eigenvalue weighted by atomic mass is 10.1. The summed E-state index contributed by atoms with van der Waals surface area (Å²) in [5.74, 6) is 0.753. The van der Waals surface area contributed by atoms with Crippen molar-refractivity contribution in [3.8, 4) is 0 Å². The molecule has 0 spiro atoms. The molecule has 0 heterocycles. The molecular formula is C11H15Cl2N3. The SMILES string of the molecule is CN=C(NC)NCCc1c(Cl)cccc1Cl. The summed E-state index contributed by atoms with van der Waals surface area (Å²) < 4.78 is 0. The van der Waals surface area contributed by atoms with Gasteiger partial charge in [0.2, 0.25) is 0 Å². The standard InChI is InChI=1S/C11H15Cl2N3/c1-14-11(15-2)16-7-6-8-9(12)4-3-5-10(8)13/h3-5H,6-7H2,1-2H3,(H2,14,15,16). The average molecular weight is 260 g/mol. The van der Waals surface area contributed by atoms with Crippen molar-refractivity contribution < 1.29 is 0 Å². The van der Waals surface area contributed by atoms with Crippen LogP contribution >= 0.6 is 23.2 Å². The molecule has 5 heteroatoms. The first-order valence-electron chi connectivity index (χ1n) is 5.00. The van der Waals surface area contributed by atoms with Crippen LogP contribution in [0.3, 0.4) is 0 Å². The predicted molar refractivity (Wildman–Crippen MR) is 70.6 cm³/mol. The van der Waals surface area contributed by atoms with Crippen molar-refractivity contribution in [3.63, 3.8) is 0 Å². The summed E-state index contributed by atoms with van der Waals surface area (Å²) in [4.78, 5) is 4.01. The van der Waals surface area contributed by atoms with Gasteiger partial charge in [0, 0.05) is 30.7 Å². The summed E-state index contributed by atoms with van der Waals surface area (Å²) in [6.45, 7) is 0.733. The van der Waals surface area contributed by atoms with Crippen molar-refractivity contribution in [1.29, 1.82) is 0 Å². The molecule has 0 aliphatic carbocycles. The van der Waals surface area contributed by atoms with Gasteiger partial charge < -0.3 is 10.6 Å². The quantitative estimate of drug-likeness (QED) is 0.646. The molecule has 1 aromatic rings. The van der Waals surface area contributed by atoms with Crippen molar-refractivity contribution in [2.45, 2.75) is 6.42 Å². The molecule has 0 aromatic heterocycles. The molecule has 0 bridgehead atoms. The zero-order chi connectivity index (χ0) is 12.0. The lowest BCUT2D eigenvalue weighted by Gasteiger charge is -2.10. The van der Waals surface area contributed by atoms with Crippen molar-refractivity contribution >= 4 is 29.2 Å². The van der Waals surface area contributed by atoms with E-state index in [-0.39, 0.29) is 0 Å². The maximum atomic E-state index is 6.05. The van der Waals surface area contributed by atoms with Crippen LogP contribution in [-0.4, -0.2) is 26.6 Å². The molecule has 88 valence electrons. The van der Waals surface area contributed by atoms with E-state index in [0.717, 1.165) is 24.5 Å². The summed E-state index contributed by atoms with van der Waals surface area (Å²) in [5.41, 5.74) is 0.963. The van der Waals surface area contributed by atoms with Crippen LogP contribution in [0.25, 0.3) is 0 Å². The van der Waals surface area contributed by atoms with Crippen LogP contribution in [-0.2, 0) is 6.42 Å². The average Bonchev–Trinajstić information content (AvgIpc) is 2.28. The van der Waals surface area contributed by atoms with Crippen molar-refractivity contribution in [3.05, 3.63) is 33.8 Å². The van der Waals surface area contributed by atoms with Gasteiger partial charge >= 0.3 is 0 Å².